The molecule has 0 aliphatic carbocycles. The summed E-state index contributed by atoms with van der Waals surface area (Å²) >= 11 is 0. The van der Waals surface area contributed by atoms with Crippen molar-refractivity contribution in [3.8, 4) is 0 Å². The summed E-state index contributed by atoms with van der Waals surface area (Å²) in [6.07, 6.45) is 1.63. The number of nitrogens with zero attached hydrogens (tertiary/aromatic N) is 1. The minimum absolute atomic E-state index is 0.0197. The van der Waals surface area contributed by atoms with Gasteiger partial charge in [0.25, 0.3) is 0 Å². The lowest BCUT2D eigenvalue weighted by atomic mass is 10.1. The molecule has 3 N–H and O–H groups in total. The van der Waals surface area contributed by atoms with Crippen molar-refractivity contribution in [2.75, 3.05) is 26.2 Å². The molecule has 1 saturated heterocycles. The van der Waals surface area contributed by atoms with Gasteiger partial charge in [-0.1, -0.05) is 6.92 Å². The maximum Gasteiger partial charge on any atom is 0.329 e. The summed E-state index contributed by atoms with van der Waals surface area (Å²) in [4.78, 5) is 23.4. The van der Waals surface area contributed by atoms with Crippen LogP contribution in [0, 0.1) is 5.92 Å². The van der Waals surface area contributed by atoms with Crippen LogP contribution in [0.25, 0.3) is 0 Å². The molecular weight excluding hydrogens is 224 g/mol. The van der Waals surface area contributed by atoms with E-state index in [9.17, 15) is 9.59 Å². The van der Waals surface area contributed by atoms with Gasteiger partial charge in [0.2, 0.25) is 5.91 Å². The fourth-order valence-electron chi connectivity index (χ4n) is 1.92. The lowest BCUT2D eigenvalue weighted by molar-refractivity contribution is -0.145. The number of hydrogen-bond donors (Lipinski definition) is 2. The monoisotopic (exact) mass is 244 g/mol. The average Bonchev–Trinajstić information content (AvgIpc) is 2.28. The lowest BCUT2D eigenvalue weighted by Crippen LogP contribution is -2.42. The Kier molecular flexibility index (Phi) is 5.37. The molecule has 0 aromatic heterocycles. The number of likely N-dealkylation sites (tertiary alicyclic amines) is 1. The molecule has 0 aromatic carbocycles. The van der Waals surface area contributed by atoms with Gasteiger partial charge >= 0.3 is 5.97 Å². The van der Waals surface area contributed by atoms with Crippen molar-refractivity contribution >= 4 is 11.9 Å². The van der Waals surface area contributed by atoms with Crippen molar-refractivity contribution in [2.45, 2.75) is 25.9 Å². The number of carboxylic acid groups (broad SMARTS) is 1. The van der Waals surface area contributed by atoms with Gasteiger partial charge in [-0.15, -0.1) is 0 Å². The Morgan fingerprint density at radius 2 is 2.06 bits per heavy atom. The van der Waals surface area contributed by atoms with Crippen LogP contribution in [0.2, 0.25) is 0 Å². The molecule has 6 heteroatoms. The van der Waals surface area contributed by atoms with Crippen LogP contribution in [-0.2, 0) is 14.3 Å². The van der Waals surface area contributed by atoms with Crippen LogP contribution in [-0.4, -0.2) is 54.2 Å². The topological polar surface area (TPSA) is 92.9 Å². The number of aliphatic carboxylic acids is 1. The molecule has 0 radical (unpaired) electrons. The summed E-state index contributed by atoms with van der Waals surface area (Å²) in [5.74, 6) is -1.37. The molecule has 1 aliphatic heterocycles. The zero-order valence-electron chi connectivity index (χ0n) is 10.1. The van der Waals surface area contributed by atoms with Gasteiger partial charge in [0.15, 0.2) is 0 Å². The maximum atomic E-state index is 10.9. The Morgan fingerprint density at radius 1 is 1.47 bits per heavy atom. The Morgan fingerprint density at radius 3 is 2.53 bits per heavy atom. The van der Waals surface area contributed by atoms with E-state index in [0.717, 1.165) is 25.9 Å². The number of primary amides is 1. The second kappa shape index (κ2) is 6.56. The van der Waals surface area contributed by atoms with Gasteiger partial charge in [0.05, 0.1) is 6.10 Å². The van der Waals surface area contributed by atoms with E-state index in [2.05, 4.69) is 4.90 Å². The molecule has 1 fully saturated rings. The van der Waals surface area contributed by atoms with Crippen LogP contribution < -0.4 is 5.73 Å². The molecule has 17 heavy (non-hydrogen) atoms. The minimum Gasteiger partial charge on any atom is -0.480 e. The second-order valence-electron chi connectivity index (χ2n) is 4.51. The smallest absolute Gasteiger partial charge is 0.329 e. The first-order valence-corrected chi connectivity index (χ1v) is 5.84. The summed E-state index contributed by atoms with van der Waals surface area (Å²) in [7, 11) is 0. The predicted octanol–water partition coefficient (Wildman–Crippen LogP) is -0.327. The number of nitrogens with two attached hydrogens (primary N) is 1. The third kappa shape index (κ3) is 5.14. The van der Waals surface area contributed by atoms with E-state index in [1.165, 1.54) is 0 Å². The number of carbonyl (C=O) groups is 2. The molecule has 1 unspecified atom stereocenters. The third-order valence-electron chi connectivity index (χ3n) is 2.99. The maximum absolute atomic E-state index is 10.9. The van der Waals surface area contributed by atoms with Gasteiger partial charge in [-0.05, 0) is 12.8 Å². The minimum atomic E-state index is -0.935. The largest absolute Gasteiger partial charge is 0.480 e. The quantitative estimate of drug-likeness (QED) is 0.667. The van der Waals surface area contributed by atoms with E-state index in [1.54, 1.807) is 0 Å². The third-order valence-corrected chi connectivity index (χ3v) is 2.99. The average molecular weight is 244 g/mol. The van der Waals surface area contributed by atoms with E-state index >= 15 is 0 Å². The molecule has 0 spiro atoms. The summed E-state index contributed by atoms with van der Waals surface area (Å²) < 4.78 is 5.23. The molecule has 98 valence electrons. The van der Waals surface area contributed by atoms with Crippen LogP contribution >= 0.6 is 0 Å². The number of ether oxygens (including phenoxy) is 1. The molecule has 1 rings (SSSR count). The highest BCUT2D eigenvalue weighted by Gasteiger charge is 2.22. The van der Waals surface area contributed by atoms with Crippen LogP contribution in [0.3, 0.4) is 0 Å². The number of rotatable bonds is 6. The zero-order valence-corrected chi connectivity index (χ0v) is 10.1. The molecule has 1 amide bonds. The van der Waals surface area contributed by atoms with Crippen LogP contribution in [0.15, 0.2) is 0 Å². The lowest BCUT2D eigenvalue weighted by Gasteiger charge is -2.32. The van der Waals surface area contributed by atoms with Crippen molar-refractivity contribution in [3.05, 3.63) is 0 Å². The number of carboxylic acids is 1. The molecule has 1 aliphatic rings. The van der Waals surface area contributed by atoms with Crippen molar-refractivity contribution in [1.82, 2.24) is 4.90 Å². The molecule has 0 saturated carbocycles. The number of carbonyl (C=O) groups excluding carboxylic acids is 1. The zero-order chi connectivity index (χ0) is 12.8. The van der Waals surface area contributed by atoms with Crippen LogP contribution in [0.5, 0.6) is 0 Å². The van der Waals surface area contributed by atoms with Crippen molar-refractivity contribution in [3.63, 3.8) is 0 Å². The molecule has 6 nitrogen and oxygen atoms in total. The van der Waals surface area contributed by atoms with E-state index in [4.69, 9.17) is 15.6 Å². The molecule has 1 atom stereocenters. The van der Waals surface area contributed by atoms with Gasteiger partial charge in [0, 0.05) is 25.6 Å². The first-order valence-electron chi connectivity index (χ1n) is 5.84. The van der Waals surface area contributed by atoms with Crippen molar-refractivity contribution < 1.29 is 19.4 Å². The van der Waals surface area contributed by atoms with Crippen LogP contribution in [0.4, 0.5) is 0 Å². The normalized spacial score (nSPS) is 20.1. The summed E-state index contributed by atoms with van der Waals surface area (Å²) in [6, 6.07) is 0. The summed E-state index contributed by atoms with van der Waals surface area (Å²) in [5.41, 5.74) is 5.21. The second-order valence-corrected chi connectivity index (χ2v) is 4.51. The molecule has 1 heterocycles. The highest BCUT2D eigenvalue weighted by atomic mass is 16.5. The van der Waals surface area contributed by atoms with Crippen molar-refractivity contribution in [2.24, 2.45) is 11.7 Å². The SMILES string of the molecule is CC(CN1CCC(OCC(=O)O)CC1)C(N)=O. The molecule has 0 bridgehead atoms. The number of piperidine rings is 1. The first kappa shape index (κ1) is 13.9. The fraction of sp³-hybridized carbons (Fsp3) is 0.818. The summed E-state index contributed by atoms with van der Waals surface area (Å²) in [5, 5.41) is 8.49. The van der Waals surface area contributed by atoms with Crippen molar-refractivity contribution in [1.29, 1.82) is 0 Å². The highest BCUT2D eigenvalue weighted by molar-refractivity contribution is 5.76. The summed E-state index contributed by atoms with van der Waals surface area (Å²) in [6.45, 7) is 3.89. The Balaban J connectivity index is 2.21. The fourth-order valence-corrected chi connectivity index (χ4v) is 1.92. The standard InChI is InChI=1S/C11H20N2O4/c1-8(11(12)16)6-13-4-2-9(3-5-13)17-7-10(14)15/h8-9H,2-7H2,1H3,(H2,12,16)(H,14,15). The predicted molar refractivity (Wildman–Crippen MR) is 61.4 cm³/mol. The first-order chi connectivity index (χ1) is 7.99. The van der Waals surface area contributed by atoms with Gasteiger partial charge in [-0.2, -0.15) is 0 Å². The Hall–Kier alpha value is -1.14. The van der Waals surface area contributed by atoms with E-state index < -0.39 is 5.97 Å². The number of amides is 1. The Labute approximate surface area is 101 Å². The Bertz CT molecular complexity index is 275. The molecular formula is C11H20N2O4. The van der Waals surface area contributed by atoms with Gasteiger partial charge in [-0.3, -0.25) is 4.79 Å². The van der Waals surface area contributed by atoms with E-state index in [1.807, 2.05) is 6.92 Å². The highest BCUT2D eigenvalue weighted by Crippen LogP contribution is 2.14. The van der Waals surface area contributed by atoms with Gasteiger partial charge in [0.1, 0.15) is 6.61 Å². The number of hydrogen-bond acceptors (Lipinski definition) is 4. The van der Waals surface area contributed by atoms with Gasteiger partial charge < -0.3 is 20.5 Å². The van der Waals surface area contributed by atoms with E-state index in [0.29, 0.717) is 6.54 Å². The molecule has 0 aromatic rings. The van der Waals surface area contributed by atoms with E-state index in [-0.39, 0.29) is 24.5 Å². The van der Waals surface area contributed by atoms with Gasteiger partial charge in [-0.25, -0.2) is 4.79 Å². The van der Waals surface area contributed by atoms with Crippen LogP contribution in [0.1, 0.15) is 19.8 Å².